The van der Waals surface area contributed by atoms with Gasteiger partial charge in [-0.3, -0.25) is 13.9 Å². The van der Waals surface area contributed by atoms with Crippen LogP contribution in [0.4, 0.5) is 5.69 Å². The van der Waals surface area contributed by atoms with Gasteiger partial charge in [-0.05, 0) is 12.8 Å². The van der Waals surface area contributed by atoms with Crippen molar-refractivity contribution in [3.05, 3.63) is 39.2 Å². The maximum atomic E-state index is 12.3. The Bertz CT molecular complexity index is 727. The van der Waals surface area contributed by atoms with E-state index >= 15 is 0 Å². The van der Waals surface area contributed by atoms with E-state index in [1.54, 1.807) is 4.68 Å². The Labute approximate surface area is 121 Å². The third-order valence-electron chi connectivity index (χ3n) is 3.16. The number of nitrogens with two attached hydrogens (primary N) is 1. The molecule has 0 amide bonds. The quantitative estimate of drug-likeness (QED) is 0.811. The monoisotopic (exact) mass is 292 g/mol. The van der Waals surface area contributed by atoms with Gasteiger partial charge in [-0.15, -0.1) is 0 Å². The van der Waals surface area contributed by atoms with Crippen molar-refractivity contribution in [3.63, 3.8) is 0 Å². The predicted molar refractivity (Wildman–Crippen MR) is 79.1 cm³/mol. The van der Waals surface area contributed by atoms with Gasteiger partial charge in [0, 0.05) is 19.3 Å². The average molecular weight is 292 g/mol. The second-order valence-corrected chi connectivity index (χ2v) is 4.85. The molecule has 0 fully saturated rings. The molecule has 0 bridgehead atoms. The number of aromatic nitrogens is 5. The Hall–Kier alpha value is -2.38. The minimum atomic E-state index is -0.488. The lowest BCUT2D eigenvalue weighted by Crippen LogP contribution is -2.41. The van der Waals surface area contributed by atoms with Gasteiger partial charge in [-0.2, -0.15) is 5.10 Å². The molecule has 0 aliphatic heterocycles. The van der Waals surface area contributed by atoms with Gasteiger partial charge in [0.05, 0.1) is 6.54 Å². The van der Waals surface area contributed by atoms with E-state index in [9.17, 15) is 9.59 Å². The van der Waals surface area contributed by atoms with Gasteiger partial charge >= 0.3 is 5.69 Å². The summed E-state index contributed by atoms with van der Waals surface area (Å²) in [7, 11) is 0. The molecule has 0 aromatic carbocycles. The molecule has 0 radical (unpaired) electrons. The Kier molecular flexibility index (Phi) is 4.56. The molecule has 0 saturated carbocycles. The maximum absolute atomic E-state index is 12.3. The second-order valence-electron chi connectivity index (χ2n) is 4.85. The van der Waals surface area contributed by atoms with Gasteiger partial charge in [0.25, 0.3) is 5.56 Å². The van der Waals surface area contributed by atoms with Crippen LogP contribution < -0.4 is 17.0 Å². The first kappa shape index (κ1) is 15.0. The van der Waals surface area contributed by atoms with Gasteiger partial charge in [-0.1, -0.05) is 13.8 Å². The highest BCUT2D eigenvalue weighted by atomic mass is 16.2. The van der Waals surface area contributed by atoms with Gasteiger partial charge in [0.15, 0.2) is 0 Å². The molecule has 2 aromatic rings. The van der Waals surface area contributed by atoms with E-state index in [0.717, 1.165) is 17.4 Å². The van der Waals surface area contributed by atoms with Crippen molar-refractivity contribution in [3.8, 4) is 0 Å². The molecule has 2 N–H and O–H groups in total. The zero-order valence-corrected chi connectivity index (χ0v) is 12.3. The van der Waals surface area contributed by atoms with Crippen molar-refractivity contribution in [2.24, 2.45) is 0 Å². The molecular weight excluding hydrogens is 272 g/mol. The van der Waals surface area contributed by atoms with Crippen LogP contribution in [0.25, 0.3) is 0 Å². The van der Waals surface area contributed by atoms with Crippen LogP contribution in [0.2, 0.25) is 0 Å². The fourth-order valence-corrected chi connectivity index (χ4v) is 2.17. The third kappa shape index (κ3) is 3.04. The van der Waals surface area contributed by atoms with E-state index in [0.29, 0.717) is 18.9 Å². The Morgan fingerprint density at radius 2 is 1.90 bits per heavy atom. The zero-order chi connectivity index (χ0) is 15.4. The van der Waals surface area contributed by atoms with Crippen molar-refractivity contribution < 1.29 is 0 Å². The SMILES string of the molecule is CCCn1ncnc1Cn1c(=O)c(N)cn(CCC)c1=O. The van der Waals surface area contributed by atoms with Crippen LogP contribution in [0.15, 0.2) is 22.1 Å². The van der Waals surface area contributed by atoms with Crippen LogP contribution >= 0.6 is 0 Å². The Morgan fingerprint density at radius 1 is 1.19 bits per heavy atom. The summed E-state index contributed by atoms with van der Waals surface area (Å²) < 4.78 is 4.26. The number of nitrogen functional groups attached to an aromatic ring is 1. The van der Waals surface area contributed by atoms with Crippen LogP contribution in [-0.2, 0) is 19.6 Å². The molecular formula is C13H20N6O2. The third-order valence-corrected chi connectivity index (χ3v) is 3.16. The minimum Gasteiger partial charge on any atom is -0.393 e. The Balaban J connectivity index is 2.46. The van der Waals surface area contributed by atoms with E-state index < -0.39 is 5.56 Å². The molecule has 2 rings (SSSR count). The number of anilines is 1. The summed E-state index contributed by atoms with van der Waals surface area (Å²) in [5, 5.41) is 4.09. The summed E-state index contributed by atoms with van der Waals surface area (Å²) in [5.74, 6) is 0.574. The molecule has 8 nitrogen and oxygen atoms in total. The molecule has 0 unspecified atom stereocenters. The summed E-state index contributed by atoms with van der Waals surface area (Å²) in [5.41, 5.74) is 4.91. The van der Waals surface area contributed by atoms with Gasteiger partial charge in [0.2, 0.25) is 0 Å². The summed E-state index contributed by atoms with van der Waals surface area (Å²) >= 11 is 0. The van der Waals surface area contributed by atoms with Crippen molar-refractivity contribution in [1.29, 1.82) is 0 Å². The molecule has 21 heavy (non-hydrogen) atoms. The average Bonchev–Trinajstić information content (AvgIpc) is 2.89. The molecule has 0 atom stereocenters. The Morgan fingerprint density at radius 3 is 2.57 bits per heavy atom. The van der Waals surface area contributed by atoms with Gasteiger partial charge < -0.3 is 5.73 Å². The summed E-state index contributed by atoms with van der Waals surface area (Å²) in [6.45, 7) is 5.26. The zero-order valence-electron chi connectivity index (χ0n) is 12.3. The number of hydrogen-bond acceptors (Lipinski definition) is 5. The van der Waals surface area contributed by atoms with Crippen molar-refractivity contribution in [1.82, 2.24) is 23.9 Å². The summed E-state index contributed by atoms with van der Waals surface area (Å²) in [6.07, 6.45) is 4.50. The molecule has 2 heterocycles. The molecule has 0 saturated heterocycles. The smallest absolute Gasteiger partial charge is 0.331 e. The summed E-state index contributed by atoms with van der Waals surface area (Å²) in [6, 6.07) is 0. The number of rotatable bonds is 6. The van der Waals surface area contributed by atoms with E-state index in [2.05, 4.69) is 10.1 Å². The van der Waals surface area contributed by atoms with Crippen LogP contribution in [0, 0.1) is 0 Å². The maximum Gasteiger partial charge on any atom is 0.331 e. The minimum absolute atomic E-state index is 0.0598. The van der Waals surface area contributed by atoms with Gasteiger partial charge in [0.1, 0.15) is 17.8 Å². The summed E-state index contributed by atoms with van der Waals surface area (Å²) in [4.78, 5) is 28.6. The fourth-order valence-electron chi connectivity index (χ4n) is 2.17. The molecule has 0 aliphatic carbocycles. The first-order valence-corrected chi connectivity index (χ1v) is 7.04. The number of nitrogens with zero attached hydrogens (tertiary/aromatic N) is 5. The highest BCUT2D eigenvalue weighted by Gasteiger charge is 2.12. The highest BCUT2D eigenvalue weighted by Crippen LogP contribution is 1.99. The molecule has 0 aliphatic rings. The van der Waals surface area contributed by atoms with Crippen molar-refractivity contribution in [2.45, 2.75) is 46.3 Å². The van der Waals surface area contributed by atoms with Crippen molar-refractivity contribution in [2.75, 3.05) is 5.73 Å². The molecule has 114 valence electrons. The topological polar surface area (TPSA) is 101 Å². The largest absolute Gasteiger partial charge is 0.393 e. The predicted octanol–water partition coefficient (Wildman–Crippen LogP) is 0.0520. The van der Waals surface area contributed by atoms with Gasteiger partial charge in [-0.25, -0.2) is 14.5 Å². The van der Waals surface area contributed by atoms with Crippen molar-refractivity contribution >= 4 is 5.69 Å². The second kappa shape index (κ2) is 6.38. The van der Waals surface area contributed by atoms with Crippen LogP contribution in [0.1, 0.15) is 32.5 Å². The lowest BCUT2D eigenvalue weighted by Gasteiger charge is -2.11. The van der Waals surface area contributed by atoms with E-state index in [1.807, 2.05) is 13.8 Å². The van der Waals surface area contributed by atoms with E-state index in [1.165, 1.54) is 17.1 Å². The molecule has 0 spiro atoms. The lowest BCUT2D eigenvalue weighted by molar-refractivity contribution is 0.523. The lowest BCUT2D eigenvalue weighted by atomic mass is 10.4. The number of hydrogen-bond donors (Lipinski definition) is 1. The molecule has 2 aromatic heterocycles. The standard InChI is InChI=1S/C13H20N6O2/c1-3-5-17-7-10(14)12(20)18(13(17)21)8-11-15-9-16-19(11)6-4-2/h7,9H,3-6,8,14H2,1-2H3. The number of aryl methyl sites for hydroxylation is 2. The van der Waals surface area contributed by atoms with E-state index in [4.69, 9.17) is 5.73 Å². The van der Waals surface area contributed by atoms with Crippen LogP contribution in [0.3, 0.4) is 0 Å². The first-order chi connectivity index (χ1) is 10.1. The van der Waals surface area contributed by atoms with E-state index in [-0.39, 0.29) is 17.9 Å². The first-order valence-electron chi connectivity index (χ1n) is 7.04. The molecule has 8 heteroatoms. The van der Waals surface area contributed by atoms with Crippen LogP contribution in [0.5, 0.6) is 0 Å². The fraction of sp³-hybridized carbons (Fsp3) is 0.538. The van der Waals surface area contributed by atoms with Crippen LogP contribution in [-0.4, -0.2) is 23.9 Å². The normalized spacial score (nSPS) is 11.0. The highest BCUT2D eigenvalue weighted by molar-refractivity contribution is 5.31.